The molecular formula is C13H26N4O. The molecule has 5 heteroatoms. The number of hydrogen-bond acceptors (Lipinski definition) is 4. The molecule has 0 spiro atoms. The van der Waals surface area contributed by atoms with Gasteiger partial charge in [0.1, 0.15) is 0 Å². The standard InChI is InChI=1S/C13H26N4O/c1-9(2)13(18-5)12(15-14)8-11-6-7-17(16-11)10(3)4/h6-7,9-10,12-13,15H,8,14H2,1-5H3. The largest absolute Gasteiger partial charge is 0.380 e. The van der Waals surface area contributed by atoms with Gasteiger partial charge in [-0.25, -0.2) is 0 Å². The van der Waals surface area contributed by atoms with Gasteiger partial charge in [-0.3, -0.25) is 16.0 Å². The van der Waals surface area contributed by atoms with Crippen molar-refractivity contribution in [2.45, 2.75) is 52.3 Å². The van der Waals surface area contributed by atoms with E-state index >= 15 is 0 Å². The molecule has 2 atom stereocenters. The Morgan fingerprint density at radius 3 is 2.44 bits per heavy atom. The third kappa shape index (κ3) is 3.80. The maximum absolute atomic E-state index is 5.64. The van der Waals surface area contributed by atoms with Gasteiger partial charge in [-0.15, -0.1) is 0 Å². The topological polar surface area (TPSA) is 65.1 Å². The SMILES string of the molecule is COC(C(C)C)C(Cc1ccn(C(C)C)n1)NN. The number of nitrogens with two attached hydrogens (primary N) is 1. The Kier molecular flexibility index (Phi) is 5.78. The third-order valence-corrected chi connectivity index (χ3v) is 3.16. The number of aromatic nitrogens is 2. The van der Waals surface area contributed by atoms with Crippen molar-refractivity contribution in [1.82, 2.24) is 15.2 Å². The van der Waals surface area contributed by atoms with Crippen molar-refractivity contribution in [3.8, 4) is 0 Å². The fourth-order valence-corrected chi connectivity index (χ4v) is 2.17. The lowest BCUT2D eigenvalue weighted by atomic mass is 9.96. The quantitative estimate of drug-likeness (QED) is 0.572. The molecule has 1 heterocycles. The average molecular weight is 254 g/mol. The Morgan fingerprint density at radius 1 is 1.39 bits per heavy atom. The van der Waals surface area contributed by atoms with Crippen LogP contribution in [0.25, 0.3) is 0 Å². The molecular weight excluding hydrogens is 228 g/mol. The first-order chi connectivity index (χ1) is 8.49. The molecule has 2 unspecified atom stereocenters. The predicted octanol–water partition coefficient (Wildman–Crippen LogP) is 1.51. The third-order valence-electron chi connectivity index (χ3n) is 3.16. The maximum atomic E-state index is 5.64. The fourth-order valence-electron chi connectivity index (χ4n) is 2.17. The van der Waals surface area contributed by atoms with Gasteiger partial charge < -0.3 is 4.74 Å². The van der Waals surface area contributed by atoms with Crippen LogP contribution in [0.5, 0.6) is 0 Å². The number of nitrogens with one attached hydrogen (secondary N) is 1. The van der Waals surface area contributed by atoms with Crippen LogP contribution in [0.3, 0.4) is 0 Å². The van der Waals surface area contributed by atoms with Gasteiger partial charge >= 0.3 is 0 Å². The first-order valence-electron chi connectivity index (χ1n) is 6.52. The molecule has 0 aliphatic carbocycles. The van der Waals surface area contributed by atoms with Crippen molar-refractivity contribution in [3.63, 3.8) is 0 Å². The highest BCUT2D eigenvalue weighted by atomic mass is 16.5. The normalized spacial score (nSPS) is 15.3. The Balaban J connectivity index is 2.72. The summed E-state index contributed by atoms with van der Waals surface area (Å²) in [5.74, 6) is 6.04. The van der Waals surface area contributed by atoms with E-state index in [4.69, 9.17) is 10.6 Å². The molecule has 0 saturated heterocycles. The lowest BCUT2D eigenvalue weighted by molar-refractivity contribution is 0.0329. The zero-order chi connectivity index (χ0) is 13.7. The van der Waals surface area contributed by atoms with Crippen LogP contribution in [-0.4, -0.2) is 29.0 Å². The van der Waals surface area contributed by atoms with Crippen LogP contribution in [0, 0.1) is 5.92 Å². The fraction of sp³-hybridized carbons (Fsp3) is 0.769. The van der Waals surface area contributed by atoms with E-state index in [9.17, 15) is 0 Å². The second-order valence-corrected chi connectivity index (χ2v) is 5.30. The number of rotatable bonds is 7. The average Bonchev–Trinajstić information content (AvgIpc) is 2.76. The predicted molar refractivity (Wildman–Crippen MR) is 73.1 cm³/mol. The van der Waals surface area contributed by atoms with Crippen LogP contribution < -0.4 is 11.3 Å². The lowest BCUT2D eigenvalue weighted by Crippen LogP contribution is -2.48. The Hall–Kier alpha value is -0.910. The van der Waals surface area contributed by atoms with Crippen LogP contribution in [0.4, 0.5) is 0 Å². The Morgan fingerprint density at radius 2 is 2.06 bits per heavy atom. The van der Waals surface area contributed by atoms with Crippen molar-refractivity contribution in [2.75, 3.05) is 7.11 Å². The van der Waals surface area contributed by atoms with Gasteiger partial charge in [-0.1, -0.05) is 13.8 Å². The summed E-state index contributed by atoms with van der Waals surface area (Å²) in [6, 6.07) is 2.49. The van der Waals surface area contributed by atoms with Gasteiger partial charge in [-0.05, 0) is 25.8 Å². The highest BCUT2D eigenvalue weighted by molar-refractivity contribution is 5.03. The summed E-state index contributed by atoms with van der Waals surface area (Å²) in [5, 5.41) is 4.54. The van der Waals surface area contributed by atoms with E-state index in [1.807, 2.05) is 16.9 Å². The van der Waals surface area contributed by atoms with Gasteiger partial charge in [0.05, 0.1) is 17.8 Å². The number of hydrogen-bond donors (Lipinski definition) is 2. The minimum Gasteiger partial charge on any atom is -0.380 e. The molecule has 1 aromatic heterocycles. The first kappa shape index (κ1) is 15.1. The van der Waals surface area contributed by atoms with Crippen LogP contribution in [0.2, 0.25) is 0 Å². The Labute approximate surface area is 110 Å². The van der Waals surface area contributed by atoms with Gasteiger partial charge in [0.2, 0.25) is 0 Å². The van der Waals surface area contributed by atoms with Crippen molar-refractivity contribution in [2.24, 2.45) is 11.8 Å². The molecule has 1 rings (SSSR count). The summed E-state index contributed by atoms with van der Waals surface area (Å²) < 4.78 is 7.47. The molecule has 18 heavy (non-hydrogen) atoms. The van der Waals surface area contributed by atoms with Gasteiger partial charge in [-0.2, -0.15) is 5.10 Å². The molecule has 0 saturated carbocycles. The Bertz CT molecular complexity index is 349. The summed E-state index contributed by atoms with van der Waals surface area (Å²) in [6.07, 6.45) is 2.86. The van der Waals surface area contributed by atoms with E-state index in [1.54, 1.807) is 7.11 Å². The van der Waals surface area contributed by atoms with Crippen molar-refractivity contribution in [3.05, 3.63) is 18.0 Å². The van der Waals surface area contributed by atoms with Crippen molar-refractivity contribution in [1.29, 1.82) is 0 Å². The highest BCUT2D eigenvalue weighted by Gasteiger charge is 2.24. The zero-order valence-electron chi connectivity index (χ0n) is 12.1. The van der Waals surface area contributed by atoms with Crippen molar-refractivity contribution >= 4 is 0 Å². The van der Waals surface area contributed by atoms with Crippen LogP contribution in [0.1, 0.15) is 39.4 Å². The van der Waals surface area contributed by atoms with E-state index in [2.05, 4.69) is 38.2 Å². The number of methoxy groups -OCH3 is 1. The monoisotopic (exact) mass is 254 g/mol. The smallest absolute Gasteiger partial charge is 0.0764 e. The molecule has 0 aromatic carbocycles. The maximum Gasteiger partial charge on any atom is 0.0764 e. The van der Waals surface area contributed by atoms with E-state index in [1.165, 1.54) is 0 Å². The molecule has 5 nitrogen and oxygen atoms in total. The van der Waals surface area contributed by atoms with Crippen molar-refractivity contribution < 1.29 is 4.74 Å². The van der Waals surface area contributed by atoms with Crippen LogP contribution in [0.15, 0.2) is 12.3 Å². The molecule has 0 aliphatic rings. The van der Waals surface area contributed by atoms with Crippen LogP contribution in [-0.2, 0) is 11.2 Å². The molecule has 104 valence electrons. The summed E-state index contributed by atoms with van der Waals surface area (Å²) in [5.41, 5.74) is 3.88. The molecule has 0 bridgehead atoms. The first-order valence-corrected chi connectivity index (χ1v) is 6.52. The minimum atomic E-state index is 0.0745. The number of ether oxygens (including phenoxy) is 1. The summed E-state index contributed by atoms with van der Waals surface area (Å²) in [6.45, 7) is 8.49. The van der Waals surface area contributed by atoms with Gasteiger partial charge in [0.15, 0.2) is 0 Å². The van der Waals surface area contributed by atoms with Gasteiger partial charge in [0.25, 0.3) is 0 Å². The highest BCUT2D eigenvalue weighted by Crippen LogP contribution is 2.14. The second kappa shape index (κ2) is 6.87. The molecule has 1 aromatic rings. The summed E-state index contributed by atoms with van der Waals surface area (Å²) in [4.78, 5) is 0. The second-order valence-electron chi connectivity index (χ2n) is 5.30. The van der Waals surface area contributed by atoms with E-state index in [0.29, 0.717) is 12.0 Å². The molecule has 0 amide bonds. The van der Waals surface area contributed by atoms with E-state index < -0.39 is 0 Å². The number of nitrogens with zero attached hydrogens (tertiary/aromatic N) is 2. The van der Waals surface area contributed by atoms with Crippen LogP contribution >= 0.6 is 0 Å². The zero-order valence-corrected chi connectivity index (χ0v) is 12.1. The number of hydrazine groups is 1. The lowest BCUT2D eigenvalue weighted by Gasteiger charge is -2.27. The molecule has 0 aliphatic heterocycles. The molecule has 0 fully saturated rings. The molecule has 3 N–H and O–H groups in total. The summed E-state index contributed by atoms with van der Waals surface area (Å²) in [7, 11) is 1.72. The van der Waals surface area contributed by atoms with E-state index in [-0.39, 0.29) is 12.1 Å². The summed E-state index contributed by atoms with van der Waals surface area (Å²) >= 11 is 0. The minimum absolute atomic E-state index is 0.0745. The van der Waals surface area contributed by atoms with E-state index in [0.717, 1.165) is 12.1 Å². The molecule has 0 radical (unpaired) electrons. The van der Waals surface area contributed by atoms with Gasteiger partial charge in [0, 0.05) is 25.8 Å².